The highest BCUT2D eigenvalue weighted by Gasteiger charge is 2.18. The van der Waals surface area contributed by atoms with Gasteiger partial charge in [0.15, 0.2) is 0 Å². The molecule has 1 fully saturated rings. The number of para-hydroxylation sites is 1. The molecule has 2 aromatic rings. The van der Waals surface area contributed by atoms with Crippen molar-refractivity contribution in [3.05, 3.63) is 53.3 Å². The van der Waals surface area contributed by atoms with E-state index in [0.717, 1.165) is 29.8 Å². The summed E-state index contributed by atoms with van der Waals surface area (Å²) in [5.74, 6) is 0.832. The number of carbonyl (C=O) groups excluding carboxylic acids is 1. The van der Waals surface area contributed by atoms with Crippen LogP contribution >= 0.6 is 0 Å². The minimum atomic E-state index is -0.0590. The first-order valence-electron chi connectivity index (χ1n) is 8.30. The fraction of sp³-hybridized carbons (Fsp3) is 0.421. The van der Waals surface area contributed by atoms with Crippen molar-refractivity contribution < 1.29 is 9.53 Å². The van der Waals surface area contributed by atoms with E-state index in [1.54, 1.807) is 0 Å². The zero-order chi connectivity index (χ0) is 16.2. The summed E-state index contributed by atoms with van der Waals surface area (Å²) < 4.78 is 8.01. The molecule has 1 saturated carbocycles. The van der Waals surface area contributed by atoms with E-state index in [-0.39, 0.29) is 5.91 Å². The van der Waals surface area contributed by atoms with Crippen LogP contribution in [0.2, 0.25) is 0 Å². The van der Waals surface area contributed by atoms with Gasteiger partial charge in [-0.1, -0.05) is 18.2 Å². The van der Waals surface area contributed by atoms with E-state index < -0.39 is 0 Å². The van der Waals surface area contributed by atoms with Gasteiger partial charge in [-0.05, 0) is 50.8 Å². The molecular formula is C19H24N2O2. The Morgan fingerprint density at radius 1 is 1.22 bits per heavy atom. The summed E-state index contributed by atoms with van der Waals surface area (Å²) in [7, 11) is 1.90. The van der Waals surface area contributed by atoms with Gasteiger partial charge in [0.25, 0.3) is 5.91 Å². The van der Waals surface area contributed by atoms with Crippen molar-refractivity contribution in [2.75, 3.05) is 0 Å². The van der Waals surface area contributed by atoms with E-state index in [2.05, 4.69) is 5.32 Å². The molecular weight excluding hydrogens is 288 g/mol. The number of rotatable bonds is 5. The van der Waals surface area contributed by atoms with E-state index in [0.29, 0.717) is 18.3 Å². The van der Waals surface area contributed by atoms with Crippen molar-refractivity contribution >= 4 is 5.91 Å². The number of carbonyl (C=O) groups is 1. The molecule has 0 bridgehead atoms. The summed E-state index contributed by atoms with van der Waals surface area (Å²) in [6, 6.07) is 11.8. The maximum absolute atomic E-state index is 12.3. The molecule has 1 amide bonds. The van der Waals surface area contributed by atoms with E-state index >= 15 is 0 Å². The van der Waals surface area contributed by atoms with Gasteiger partial charge in [0.2, 0.25) is 0 Å². The van der Waals surface area contributed by atoms with Crippen molar-refractivity contribution in [1.82, 2.24) is 9.88 Å². The standard InChI is InChI=1S/C19H24N2O2/c1-14-11-12-17(21(14)2)19(22)20-13-15-7-3-6-10-18(15)23-16-8-4-5-9-16/h3,6-7,10-12,16H,4-5,8-9,13H2,1-2H3,(H,20,22). The van der Waals surface area contributed by atoms with Gasteiger partial charge < -0.3 is 14.6 Å². The van der Waals surface area contributed by atoms with Crippen LogP contribution in [-0.2, 0) is 13.6 Å². The third-order valence-corrected chi connectivity index (χ3v) is 4.61. The molecule has 23 heavy (non-hydrogen) atoms. The van der Waals surface area contributed by atoms with Crippen LogP contribution < -0.4 is 10.1 Å². The summed E-state index contributed by atoms with van der Waals surface area (Å²) in [5, 5.41) is 2.99. The first kappa shape index (κ1) is 15.7. The predicted octanol–water partition coefficient (Wildman–Crippen LogP) is 3.58. The Kier molecular flexibility index (Phi) is 4.70. The molecule has 1 aliphatic carbocycles. The van der Waals surface area contributed by atoms with E-state index in [1.165, 1.54) is 12.8 Å². The zero-order valence-corrected chi connectivity index (χ0v) is 13.8. The van der Waals surface area contributed by atoms with Crippen LogP contribution in [0.1, 0.15) is 47.4 Å². The van der Waals surface area contributed by atoms with Crippen molar-refractivity contribution in [3.63, 3.8) is 0 Å². The lowest BCUT2D eigenvalue weighted by Crippen LogP contribution is -2.25. The monoisotopic (exact) mass is 312 g/mol. The fourth-order valence-corrected chi connectivity index (χ4v) is 3.06. The molecule has 0 atom stereocenters. The molecule has 4 nitrogen and oxygen atoms in total. The summed E-state index contributed by atoms with van der Waals surface area (Å²) in [4.78, 5) is 12.3. The minimum absolute atomic E-state index is 0.0590. The first-order valence-corrected chi connectivity index (χ1v) is 8.30. The Bertz CT molecular complexity index is 684. The average molecular weight is 312 g/mol. The van der Waals surface area contributed by atoms with Crippen molar-refractivity contribution in [1.29, 1.82) is 0 Å². The second-order valence-electron chi connectivity index (χ2n) is 6.23. The summed E-state index contributed by atoms with van der Waals surface area (Å²) in [6.45, 7) is 2.47. The SMILES string of the molecule is Cc1ccc(C(=O)NCc2ccccc2OC2CCCC2)n1C. The molecule has 1 aromatic carbocycles. The molecule has 0 unspecified atom stereocenters. The molecule has 0 radical (unpaired) electrons. The van der Waals surface area contributed by atoms with Gasteiger partial charge in [0.05, 0.1) is 6.10 Å². The molecule has 1 heterocycles. The number of nitrogens with one attached hydrogen (secondary N) is 1. The lowest BCUT2D eigenvalue weighted by atomic mass is 10.2. The molecule has 3 rings (SSSR count). The van der Waals surface area contributed by atoms with E-state index in [1.807, 2.05) is 54.9 Å². The van der Waals surface area contributed by atoms with Gasteiger partial charge in [-0.2, -0.15) is 0 Å². The highest BCUT2D eigenvalue weighted by Crippen LogP contribution is 2.26. The van der Waals surface area contributed by atoms with Gasteiger partial charge >= 0.3 is 0 Å². The number of aryl methyl sites for hydroxylation is 1. The second kappa shape index (κ2) is 6.90. The Morgan fingerprint density at radius 3 is 2.65 bits per heavy atom. The smallest absolute Gasteiger partial charge is 0.268 e. The fourth-order valence-electron chi connectivity index (χ4n) is 3.06. The van der Waals surface area contributed by atoms with Crippen LogP contribution in [-0.4, -0.2) is 16.6 Å². The van der Waals surface area contributed by atoms with Crippen molar-refractivity contribution in [2.45, 2.75) is 45.3 Å². The number of nitrogens with zero attached hydrogens (tertiary/aromatic N) is 1. The molecule has 122 valence electrons. The number of aromatic nitrogens is 1. The van der Waals surface area contributed by atoms with E-state index in [9.17, 15) is 4.79 Å². The Balaban J connectivity index is 1.65. The lowest BCUT2D eigenvalue weighted by Gasteiger charge is -2.17. The molecule has 1 N–H and O–H groups in total. The Morgan fingerprint density at radius 2 is 1.96 bits per heavy atom. The van der Waals surface area contributed by atoms with Crippen molar-refractivity contribution in [2.24, 2.45) is 7.05 Å². The van der Waals surface area contributed by atoms with Crippen LogP contribution in [0.25, 0.3) is 0 Å². The first-order chi connectivity index (χ1) is 11.1. The van der Waals surface area contributed by atoms with Crippen molar-refractivity contribution in [3.8, 4) is 5.75 Å². The average Bonchev–Trinajstić information content (AvgIpc) is 3.17. The molecule has 4 heteroatoms. The maximum Gasteiger partial charge on any atom is 0.268 e. The summed E-state index contributed by atoms with van der Waals surface area (Å²) >= 11 is 0. The highest BCUT2D eigenvalue weighted by atomic mass is 16.5. The van der Waals surface area contributed by atoms with Gasteiger partial charge in [-0.3, -0.25) is 4.79 Å². The normalized spacial score (nSPS) is 14.9. The van der Waals surface area contributed by atoms with Crippen LogP contribution in [0.4, 0.5) is 0 Å². The van der Waals surface area contributed by atoms with Crippen LogP contribution in [0, 0.1) is 6.92 Å². The third-order valence-electron chi connectivity index (χ3n) is 4.61. The molecule has 0 saturated heterocycles. The Labute approximate surface area is 137 Å². The second-order valence-corrected chi connectivity index (χ2v) is 6.23. The molecule has 0 spiro atoms. The topological polar surface area (TPSA) is 43.3 Å². The number of ether oxygens (including phenoxy) is 1. The minimum Gasteiger partial charge on any atom is -0.490 e. The highest BCUT2D eigenvalue weighted by molar-refractivity contribution is 5.92. The van der Waals surface area contributed by atoms with Gasteiger partial charge in [-0.15, -0.1) is 0 Å². The van der Waals surface area contributed by atoms with E-state index in [4.69, 9.17) is 4.74 Å². The van der Waals surface area contributed by atoms with Gasteiger partial charge in [0, 0.05) is 24.8 Å². The predicted molar refractivity (Wildman–Crippen MR) is 90.6 cm³/mol. The number of benzene rings is 1. The number of hydrogen-bond acceptors (Lipinski definition) is 2. The van der Waals surface area contributed by atoms with Crippen LogP contribution in [0.5, 0.6) is 5.75 Å². The molecule has 0 aliphatic heterocycles. The quantitative estimate of drug-likeness (QED) is 0.917. The van der Waals surface area contributed by atoms with Crippen LogP contribution in [0.15, 0.2) is 36.4 Å². The largest absolute Gasteiger partial charge is 0.490 e. The maximum atomic E-state index is 12.3. The van der Waals surface area contributed by atoms with Gasteiger partial charge in [0.1, 0.15) is 11.4 Å². The lowest BCUT2D eigenvalue weighted by molar-refractivity contribution is 0.0942. The van der Waals surface area contributed by atoms with Crippen LogP contribution in [0.3, 0.4) is 0 Å². The number of amides is 1. The molecule has 1 aliphatic rings. The van der Waals surface area contributed by atoms with Gasteiger partial charge in [-0.25, -0.2) is 0 Å². The third kappa shape index (κ3) is 3.58. The molecule has 1 aromatic heterocycles. The zero-order valence-electron chi connectivity index (χ0n) is 13.8. The summed E-state index contributed by atoms with van der Waals surface area (Å²) in [6.07, 6.45) is 5.07. The Hall–Kier alpha value is -2.23. The number of hydrogen-bond donors (Lipinski definition) is 1. The summed E-state index contributed by atoms with van der Waals surface area (Å²) in [5.41, 5.74) is 2.77.